The SMILES string of the molecule is COC(=O)COc1c(-c2ccccc2Cl)oc2cc(C)c(Cl)cc2c1=O. The molecule has 0 unspecified atom stereocenters. The van der Waals surface area contributed by atoms with Crippen LogP contribution >= 0.6 is 23.2 Å². The van der Waals surface area contributed by atoms with E-state index in [0.717, 1.165) is 5.56 Å². The fraction of sp³-hybridized carbons (Fsp3) is 0.158. The quantitative estimate of drug-likeness (QED) is 0.605. The van der Waals surface area contributed by atoms with Gasteiger partial charge in [0.15, 0.2) is 12.4 Å². The molecule has 0 aliphatic rings. The molecule has 0 atom stereocenters. The summed E-state index contributed by atoms with van der Waals surface area (Å²) in [5.41, 5.74) is 1.13. The molecule has 1 aromatic heterocycles. The molecule has 1 heterocycles. The largest absolute Gasteiger partial charge is 0.474 e. The Morgan fingerprint density at radius 2 is 1.88 bits per heavy atom. The molecular weight excluding hydrogens is 379 g/mol. The van der Waals surface area contributed by atoms with Crippen LogP contribution in [0.5, 0.6) is 5.75 Å². The third kappa shape index (κ3) is 3.41. The van der Waals surface area contributed by atoms with Gasteiger partial charge in [0.05, 0.1) is 17.5 Å². The van der Waals surface area contributed by atoms with E-state index in [-0.39, 0.29) is 16.9 Å². The molecule has 134 valence electrons. The van der Waals surface area contributed by atoms with E-state index in [1.807, 2.05) is 0 Å². The second kappa shape index (κ2) is 7.40. The highest BCUT2D eigenvalue weighted by Crippen LogP contribution is 2.36. The summed E-state index contributed by atoms with van der Waals surface area (Å²) >= 11 is 12.4. The number of halogens is 2. The maximum Gasteiger partial charge on any atom is 0.343 e. The van der Waals surface area contributed by atoms with Crippen molar-refractivity contribution in [3.05, 3.63) is 62.2 Å². The predicted octanol–water partition coefficient (Wildman–Crippen LogP) is 4.63. The van der Waals surface area contributed by atoms with Gasteiger partial charge < -0.3 is 13.9 Å². The number of esters is 1. The minimum absolute atomic E-state index is 0.129. The van der Waals surface area contributed by atoms with Gasteiger partial charge in [0, 0.05) is 10.6 Å². The highest BCUT2D eigenvalue weighted by Gasteiger charge is 2.21. The van der Waals surface area contributed by atoms with Crippen molar-refractivity contribution in [1.82, 2.24) is 0 Å². The number of ether oxygens (including phenoxy) is 2. The average Bonchev–Trinajstić information content (AvgIpc) is 2.62. The van der Waals surface area contributed by atoms with Crippen LogP contribution in [0.3, 0.4) is 0 Å². The lowest BCUT2D eigenvalue weighted by atomic mass is 10.1. The highest BCUT2D eigenvalue weighted by atomic mass is 35.5. The Hall–Kier alpha value is -2.50. The lowest BCUT2D eigenvalue weighted by molar-refractivity contribution is -0.142. The second-order valence-corrected chi connectivity index (χ2v) is 6.35. The molecule has 3 aromatic rings. The van der Waals surface area contributed by atoms with Crippen LogP contribution < -0.4 is 10.2 Å². The molecule has 0 amide bonds. The zero-order chi connectivity index (χ0) is 18.8. The number of carbonyl (C=O) groups is 1. The van der Waals surface area contributed by atoms with Gasteiger partial charge in [-0.3, -0.25) is 4.79 Å². The number of hydrogen-bond acceptors (Lipinski definition) is 5. The van der Waals surface area contributed by atoms with Gasteiger partial charge in [0.25, 0.3) is 0 Å². The molecular formula is C19H14Cl2O5. The molecule has 7 heteroatoms. The first-order valence-electron chi connectivity index (χ1n) is 7.64. The molecule has 0 saturated heterocycles. The smallest absolute Gasteiger partial charge is 0.343 e. The van der Waals surface area contributed by atoms with Crippen molar-refractivity contribution in [2.45, 2.75) is 6.92 Å². The summed E-state index contributed by atoms with van der Waals surface area (Å²) in [5, 5.41) is 1.05. The number of benzene rings is 2. The zero-order valence-electron chi connectivity index (χ0n) is 14.0. The van der Waals surface area contributed by atoms with Gasteiger partial charge in [-0.25, -0.2) is 4.79 Å². The molecule has 0 aliphatic carbocycles. The van der Waals surface area contributed by atoms with E-state index in [2.05, 4.69) is 4.74 Å². The number of carbonyl (C=O) groups excluding carboxylic acids is 1. The van der Waals surface area contributed by atoms with Gasteiger partial charge in [-0.2, -0.15) is 0 Å². The fourth-order valence-corrected chi connectivity index (χ4v) is 2.83. The van der Waals surface area contributed by atoms with Gasteiger partial charge in [-0.1, -0.05) is 35.3 Å². The lowest BCUT2D eigenvalue weighted by Gasteiger charge is -2.12. The van der Waals surface area contributed by atoms with Gasteiger partial charge >= 0.3 is 5.97 Å². The van der Waals surface area contributed by atoms with E-state index in [9.17, 15) is 9.59 Å². The zero-order valence-corrected chi connectivity index (χ0v) is 15.5. The number of rotatable bonds is 4. The van der Waals surface area contributed by atoms with Gasteiger partial charge in [0.2, 0.25) is 11.2 Å². The van der Waals surface area contributed by atoms with E-state index in [1.165, 1.54) is 13.2 Å². The van der Waals surface area contributed by atoms with Crippen molar-refractivity contribution < 1.29 is 18.7 Å². The summed E-state index contributed by atoms with van der Waals surface area (Å²) in [5.74, 6) is -0.619. The average molecular weight is 393 g/mol. The van der Waals surface area contributed by atoms with Crippen molar-refractivity contribution in [2.75, 3.05) is 13.7 Å². The molecule has 5 nitrogen and oxygen atoms in total. The third-order valence-corrected chi connectivity index (χ3v) is 4.55. The Bertz CT molecular complexity index is 1060. The van der Waals surface area contributed by atoms with E-state index < -0.39 is 18.0 Å². The molecule has 0 fully saturated rings. The van der Waals surface area contributed by atoms with Crippen LogP contribution in [-0.4, -0.2) is 19.7 Å². The van der Waals surface area contributed by atoms with E-state index in [1.54, 1.807) is 37.3 Å². The third-order valence-electron chi connectivity index (χ3n) is 3.81. The molecule has 0 saturated carbocycles. The molecule has 2 aromatic carbocycles. The summed E-state index contributed by atoms with van der Waals surface area (Å²) < 4.78 is 15.9. The Kier molecular flexibility index (Phi) is 5.20. The lowest BCUT2D eigenvalue weighted by Crippen LogP contribution is -2.17. The first-order valence-corrected chi connectivity index (χ1v) is 8.39. The van der Waals surface area contributed by atoms with Gasteiger partial charge in [-0.15, -0.1) is 0 Å². The van der Waals surface area contributed by atoms with E-state index in [4.69, 9.17) is 32.4 Å². The predicted molar refractivity (Wildman–Crippen MR) is 100 cm³/mol. The summed E-state index contributed by atoms with van der Waals surface area (Å²) in [6.07, 6.45) is 0. The Morgan fingerprint density at radius 1 is 1.15 bits per heavy atom. The molecule has 0 radical (unpaired) electrons. The monoisotopic (exact) mass is 392 g/mol. The van der Waals surface area contributed by atoms with Crippen LogP contribution in [0.15, 0.2) is 45.6 Å². The van der Waals surface area contributed by atoms with E-state index in [0.29, 0.717) is 21.2 Å². The van der Waals surface area contributed by atoms with Gasteiger partial charge in [-0.05, 0) is 36.8 Å². The van der Waals surface area contributed by atoms with Gasteiger partial charge in [0.1, 0.15) is 5.58 Å². The van der Waals surface area contributed by atoms with Crippen LogP contribution in [0.2, 0.25) is 10.0 Å². The minimum atomic E-state index is -0.628. The minimum Gasteiger partial charge on any atom is -0.474 e. The molecule has 0 aliphatic heterocycles. The van der Waals surface area contributed by atoms with E-state index >= 15 is 0 Å². The molecule has 0 spiro atoms. The Balaban J connectivity index is 2.29. The normalized spacial score (nSPS) is 10.8. The fourth-order valence-electron chi connectivity index (χ4n) is 2.44. The Morgan fingerprint density at radius 3 is 2.58 bits per heavy atom. The number of aryl methyl sites for hydroxylation is 1. The summed E-state index contributed by atoms with van der Waals surface area (Å²) in [7, 11) is 1.23. The maximum absolute atomic E-state index is 13.0. The van der Waals surface area contributed by atoms with Crippen molar-refractivity contribution in [1.29, 1.82) is 0 Å². The molecule has 26 heavy (non-hydrogen) atoms. The first kappa shape index (κ1) is 18.3. The Labute approximate surface area is 159 Å². The topological polar surface area (TPSA) is 65.7 Å². The van der Waals surface area contributed by atoms with Crippen LogP contribution in [0.4, 0.5) is 0 Å². The summed E-state index contributed by atoms with van der Waals surface area (Å²) in [6, 6.07) is 10.0. The molecule has 3 rings (SSSR count). The van der Waals surface area contributed by atoms with Crippen LogP contribution in [0, 0.1) is 6.92 Å². The summed E-state index contributed by atoms with van der Waals surface area (Å²) in [4.78, 5) is 24.4. The molecule has 0 bridgehead atoms. The number of hydrogen-bond donors (Lipinski definition) is 0. The maximum atomic E-state index is 13.0. The van der Waals surface area contributed by atoms with Crippen molar-refractivity contribution in [3.63, 3.8) is 0 Å². The molecule has 0 N–H and O–H groups in total. The summed E-state index contributed by atoms with van der Waals surface area (Å²) in [6.45, 7) is 1.36. The second-order valence-electron chi connectivity index (χ2n) is 5.53. The van der Waals surface area contributed by atoms with Crippen LogP contribution in [-0.2, 0) is 9.53 Å². The van der Waals surface area contributed by atoms with Crippen molar-refractivity contribution >= 4 is 40.1 Å². The van der Waals surface area contributed by atoms with Crippen molar-refractivity contribution in [3.8, 4) is 17.1 Å². The highest BCUT2D eigenvalue weighted by molar-refractivity contribution is 6.33. The number of fused-ring (bicyclic) bond motifs is 1. The van der Waals surface area contributed by atoms with Crippen LogP contribution in [0.25, 0.3) is 22.3 Å². The van der Waals surface area contributed by atoms with Crippen molar-refractivity contribution in [2.24, 2.45) is 0 Å². The van der Waals surface area contributed by atoms with Crippen LogP contribution in [0.1, 0.15) is 5.56 Å². The standard InChI is InChI=1S/C19H14Cl2O5/c1-10-7-15-12(8-14(10)21)17(23)19(25-9-16(22)24-2)18(26-15)11-5-3-4-6-13(11)20/h3-8H,9H2,1-2H3. The number of methoxy groups -OCH3 is 1. The first-order chi connectivity index (χ1) is 12.4.